The van der Waals surface area contributed by atoms with Gasteiger partial charge in [0.25, 0.3) is 0 Å². The highest BCUT2D eigenvalue weighted by molar-refractivity contribution is 8.07. The van der Waals surface area contributed by atoms with Gasteiger partial charge < -0.3 is 0 Å². The number of hydrogen-bond acceptors (Lipinski definition) is 7. The standard InChI is InChI=1S/C16H12N2O3S2/c19-11-17-15-5-1-3-13(7-15)9-22-21-23-10-14-4-2-6-16(8-14)18-12-20/h1-8H,9-10H2. The first-order valence-corrected chi connectivity index (χ1v) is 8.38. The summed E-state index contributed by atoms with van der Waals surface area (Å²) < 4.78 is 5.46. The molecule has 7 heteroatoms. The van der Waals surface area contributed by atoms with E-state index in [1.807, 2.05) is 36.4 Å². The van der Waals surface area contributed by atoms with Crippen LogP contribution in [0.25, 0.3) is 0 Å². The Morgan fingerprint density at radius 2 is 1.30 bits per heavy atom. The minimum atomic E-state index is 0.582. The maximum atomic E-state index is 10.2. The topological polar surface area (TPSA) is 68.1 Å². The summed E-state index contributed by atoms with van der Waals surface area (Å²) in [6, 6.07) is 14.6. The molecule has 2 rings (SSSR count). The molecule has 23 heavy (non-hydrogen) atoms. The van der Waals surface area contributed by atoms with E-state index in [9.17, 15) is 9.59 Å². The minimum absolute atomic E-state index is 0.582. The summed E-state index contributed by atoms with van der Waals surface area (Å²) in [4.78, 5) is 27.6. The number of aliphatic imine (C=N–C) groups is 2. The van der Waals surface area contributed by atoms with Crippen LogP contribution in [0.2, 0.25) is 0 Å². The zero-order valence-electron chi connectivity index (χ0n) is 12.0. The van der Waals surface area contributed by atoms with Crippen molar-refractivity contribution in [3.05, 3.63) is 59.7 Å². The van der Waals surface area contributed by atoms with Crippen LogP contribution in [0, 0.1) is 0 Å². The first-order valence-electron chi connectivity index (χ1n) is 6.56. The fraction of sp³-hybridized carbons (Fsp3) is 0.125. The van der Waals surface area contributed by atoms with Crippen molar-refractivity contribution in [3.8, 4) is 0 Å². The van der Waals surface area contributed by atoms with Gasteiger partial charge in [0, 0.05) is 35.6 Å². The molecule has 2 aromatic carbocycles. The van der Waals surface area contributed by atoms with Gasteiger partial charge in [-0.05, 0) is 35.4 Å². The molecule has 5 nitrogen and oxygen atoms in total. The summed E-state index contributed by atoms with van der Waals surface area (Å²) in [6.07, 6.45) is 3.04. The molecule has 0 aliphatic heterocycles. The van der Waals surface area contributed by atoms with Crippen LogP contribution in [0.1, 0.15) is 11.1 Å². The second-order valence-corrected chi connectivity index (χ2v) is 5.93. The second kappa shape index (κ2) is 9.79. The smallest absolute Gasteiger partial charge is 0.240 e. The van der Waals surface area contributed by atoms with E-state index >= 15 is 0 Å². The monoisotopic (exact) mass is 344 g/mol. The number of isocyanates is 2. The third-order valence-corrected chi connectivity index (χ3v) is 4.39. The lowest BCUT2D eigenvalue weighted by Crippen LogP contribution is -1.82. The van der Waals surface area contributed by atoms with Crippen molar-refractivity contribution in [2.24, 2.45) is 9.98 Å². The highest BCUT2D eigenvalue weighted by Crippen LogP contribution is 2.25. The van der Waals surface area contributed by atoms with Gasteiger partial charge in [-0.15, -0.1) is 0 Å². The molecule has 0 aliphatic rings. The number of benzene rings is 2. The van der Waals surface area contributed by atoms with E-state index < -0.39 is 0 Å². The summed E-state index contributed by atoms with van der Waals surface area (Å²) in [5, 5.41) is 0. The zero-order chi connectivity index (χ0) is 16.3. The van der Waals surface area contributed by atoms with Crippen LogP contribution >= 0.6 is 24.1 Å². The van der Waals surface area contributed by atoms with Crippen LogP contribution in [0.3, 0.4) is 0 Å². The molecule has 0 saturated carbocycles. The first kappa shape index (κ1) is 17.2. The van der Waals surface area contributed by atoms with Crippen molar-refractivity contribution in [1.82, 2.24) is 0 Å². The lowest BCUT2D eigenvalue weighted by Gasteiger charge is -2.03. The molecular formula is C16H12N2O3S2. The molecule has 0 aromatic heterocycles. The Morgan fingerprint density at radius 1 is 0.826 bits per heavy atom. The highest BCUT2D eigenvalue weighted by atomic mass is 32.2. The first-order chi connectivity index (χ1) is 11.3. The average molecular weight is 344 g/mol. The molecule has 0 unspecified atom stereocenters. The summed E-state index contributed by atoms with van der Waals surface area (Å²) in [7, 11) is 0. The molecule has 0 aliphatic carbocycles. The minimum Gasteiger partial charge on any atom is -0.247 e. The predicted molar refractivity (Wildman–Crippen MR) is 92.1 cm³/mol. The molecule has 0 radical (unpaired) electrons. The van der Waals surface area contributed by atoms with Crippen molar-refractivity contribution < 1.29 is 13.2 Å². The van der Waals surface area contributed by atoms with E-state index in [0.29, 0.717) is 22.9 Å². The van der Waals surface area contributed by atoms with Crippen LogP contribution in [0.15, 0.2) is 58.5 Å². The van der Waals surface area contributed by atoms with Gasteiger partial charge in [-0.25, -0.2) is 13.2 Å². The summed E-state index contributed by atoms with van der Waals surface area (Å²) in [5.74, 6) is 1.29. The average Bonchev–Trinajstić information content (AvgIpc) is 2.56. The number of hydrogen-bond donors (Lipinski definition) is 0. The van der Waals surface area contributed by atoms with Gasteiger partial charge in [-0.2, -0.15) is 9.98 Å². The van der Waals surface area contributed by atoms with Crippen LogP contribution < -0.4 is 0 Å². The van der Waals surface area contributed by atoms with Gasteiger partial charge in [0.2, 0.25) is 12.2 Å². The number of carbonyl (C=O) groups excluding carboxylic acids is 2. The van der Waals surface area contributed by atoms with Gasteiger partial charge in [-0.3, -0.25) is 0 Å². The Morgan fingerprint density at radius 3 is 1.74 bits per heavy atom. The number of rotatable bonds is 8. The van der Waals surface area contributed by atoms with Crippen molar-refractivity contribution in [2.45, 2.75) is 11.5 Å². The van der Waals surface area contributed by atoms with Crippen LogP contribution in [0.4, 0.5) is 11.4 Å². The quantitative estimate of drug-likeness (QED) is 0.302. The van der Waals surface area contributed by atoms with Crippen molar-refractivity contribution in [1.29, 1.82) is 0 Å². The van der Waals surface area contributed by atoms with Gasteiger partial charge in [0.05, 0.1) is 11.4 Å². The number of nitrogens with zero attached hydrogens (tertiary/aromatic N) is 2. The molecular weight excluding hydrogens is 332 g/mol. The van der Waals surface area contributed by atoms with Gasteiger partial charge >= 0.3 is 0 Å². The van der Waals surface area contributed by atoms with Crippen LogP contribution in [-0.2, 0) is 24.7 Å². The van der Waals surface area contributed by atoms with E-state index in [2.05, 4.69) is 9.98 Å². The van der Waals surface area contributed by atoms with Crippen LogP contribution in [-0.4, -0.2) is 12.2 Å². The highest BCUT2D eigenvalue weighted by Gasteiger charge is 1.99. The SMILES string of the molecule is O=C=Nc1cccc(CSOSCc2cccc(N=C=O)c2)c1. The fourth-order valence-electron chi connectivity index (χ4n) is 1.76. The third kappa shape index (κ3) is 6.24. The molecule has 0 atom stereocenters. The van der Waals surface area contributed by atoms with Gasteiger partial charge in [0.1, 0.15) is 0 Å². The Labute approximate surface area is 142 Å². The third-order valence-electron chi connectivity index (χ3n) is 2.72. The second-order valence-electron chi connectivity index (χ2n) is 4.34. The van der Waals surface area contributed by atoms with Gasteiger partial charge in [0.15, 0.2) is 0 Å². The predicted octanol–water partition coefficient (Wildman–Crippen LogP) is 4.63. The molecule has 0 amide bonds. The Hall–Kier alpha value is -2.14. The molecule has 0 spiro atoms. The van der Waals surface area contributed by atoms with E-state index in [1.54, 1.807) is 12.1 Å². The van der Waals surface area contributed by atoms with Crippen molar-refractivity contribution in [3.63, 3.8) is 0 Å². The zero-order valence-corrected chi connectivity index (χ0v) is 13.6. The summed E-state index contributed by atoms with van der Waals surface area (Å²) in [6.45, 7) is 0. The summed E-state index contributed by atoms with van der Waals surface area (Å²) in [5.41, 5.74) is 3.18. The summed E-state index contributed by atoms with van der Waals surface area (Å²) >= 11 is 2.61. The normalized spacial score (nSPS) is 9.74. The molecule has 0 bridgehead atoms. The molecule has 0 fully saturated rings. The Bertz CT molecular complexity index is 691. The molecule has 2 aromatic rings. The maximum absolute atomic E-state index is 10.2. The lowest BCUT2D eigenvalue weighted by molar-refractivity contribution is 0.564. The fourth-order valence-corrected chi connectivity index (χ4v) is 3.04. The maximum Gasteiger partial charge on any atom is 0.240 e. The van der Waals surface area contributed by atoms with Crippen LogP contribution in [0.5, 0.6) is 0 Å². The molecule has 0 N–H and O–H groups in total. The van der Waals surface area contributed by atoms with E-state index in [1.165, 1.54) is 36.2 Å². The molecule has 0 heterocycles. The lowest BCUT2D eigenvalue weighted by atomic mass is 10.2. The van der Waals surface area contributed by atoms with Crippen molar-refractivity contribution in [2.75, 3.05) is 0 Å². The molecule has 0 saturated heterocycles. The van der Waals surface area contributed by atoms with E-state index in [4.69, 9.17) is 3.63 Å². The van der Waals surface area contributed by atoms with Crippen molar-refractivity contribution >= 4 is 47.6 Å². The molecule has 116 valence electrons. The van der Waals surface area contributed by atoms with E-state index in [0.717, 1.165) is 11.1 Å². The Kier molecular flexibility index (Phi) is 7.33. The van der Waals surface area contributed by atoms with E-state index in [-0.39, 0.29) is 0 Å². The van der Waals surface area contributed by atoms with Gasteiger partial charge in [-0.1, -0.05) is 24.3 Å². The largest absolute Gasteiger partial charge is 0.247 e. The Balaban J connectivity index is 1.75.